The van der Waals surface area contributed by atoms with Crippen LogP contribution in [-0.2, 0) is 12.4 Å². The van der Waals surface area contributed by atoms with Crippen LogP contribution in [0.2, 0.25) is 5.02 Å². The van der Waals surface area contributed by atoms with Crippen LogP contribution in [0.1, 0.15) is 11.4 Å². The summed E-state index contributed by atoms with van der Waals surface area (Å²) >= 11 is 11.8. The average Bonchev–Trinajstić information content (AvgIpc) is 2.69. The van der Waals surface area contributed by atoms with Crippen molar-refractivity contribution in [3.8, 4) is 0 Å². The minimum atomic E-state index is 0.399. The van der Waals surface area contributed by atoms with Crippen LogP contribution in [0.4, 0.5) is 0 Å². The smallest absolute Gasteiger partial charge is 0.123 e. The van der Waals surface area contributed by atoms with Gasteiger partial charge in [-0.3, -0.25) is 4.98 Å². The second-order valence-electron chi connectivity index (χ2n) is 3.07. The molecule has 0 amide bonds. The Morgan fingerprint density at radius 2 is 2.20 bits per heavy atom. The second kappa shape index (κ2) is 4.64. The molecule has 0 aliphatic carbocycles. The van der Waals surface area contributed by atoms with Gasteiger partial charge in [0.25, 0.3) is 0 Å². The van der Waals surface area contributed by atoms with E-state index < -0.39 is 0 Å². The Hall–Kier alpha value is -1.06. The Labute approximate surface area is 97.7 Å². The van der Waals surface area contributed by atoms with Crippen LogP contribution in [0.3, 0.4) is 0 Å². The molecular formula is C10H9Cl2N3. The number of rotatable bonds is 3. The second-order valence-corrected chi connectivity index (χ2v) is 3.75. The normalized spacial score (nSPS) is 10.5. The van der Waals surface area contributed by atoms with Gasteiger partial charge < -0.3 is 4.57 Å². The summed E-state index contributed by atoms with van der Waals surface area (Å²) in [7, 11) is 0. The summed E-state index contributed by atoms with van der Waals surface area (Å²) in [5.41, 5.74) is 1.01. The quantitative estimate of drug-likeness (QED) is 0.774. The van der Waals surface area contributed by atoms with Crippen LogP contribution in [0, 0.1) is 0 Å². The molecule has 0 unspecified atom stereocenters. The van der Waals surface area contributed by atoms with Gasteiger partial charge >= 0.3 is 0 Å². The summed E-state index contributed by atoms with van der Waals surface area (Å²) in [6.45, 7) is 0.670. The molecule has 2 aromatic rings. The number of alkyl halides is 1. The van der Waals surface area contributed by atoms with Crippen LogP contribution >= 0.6 is 23.2 Å². The molecule has 0 saturated heterocycles. The van der Waals surface area contributed by atoms with Gasteiger partial charge in [-0.25, -0.2) is 4.98 Å². The molecule has 3 nitrogen and oxygen atoms in total. The maximum absolute atomic E-state index is 6.01. The number of hydrogen-bond acceptors (Lipinski definition) is 2. The molecule has 5 heteroatoms. The third kappa shape index (κ3) is 2.30. The first-order valence-corrected chi connectivity index (χ1v) is 5.37. The van der Waals surface area contributed by atoms with E-state index in [0.717, 1.165) is 11.4 Å². The highest BCUT2D eigenvalue weighted by atomic mass is 35.5. The number of imidazole rings is 1. The van der Waals surface area contributed by atoms with Gasteiger partial charge in [-0.2, -0.15) is 0 Å². The summed E-state index contributed by atoms with van der Waals surface area (Å²) in [5.74, 6) is 1.24. The molecular weight excluding hydrogens is 233 g/mol. The van der Waals surface area contributed by atoms with Gasteiger partial charge in [0.2, 0.25) is 0 Å². The van der Waals surface area contributed by atoms with Crippen molar-refractivity contribution in [2.75, 3.05) is 0 Å². The van der Waals surface area contributed by atoms with Crippen molar-refractivity contribution >= 4 is 23.2 Å². The van der Waals surface area contributed by atoms with Crippen molar-refractivity contribution in [3.63, 3.8) is 0 Å². The zero-order chi connectivity index (χ0) is 10.7. The Bertz CT molecular complexity index is 453. The number of halogens is 2. The van der Waals surface area contributed by atoms with Gasteiger partial charge in [-0.1, -0.05) is 11.6 Å². The monoisotopic (exact) mass is 241 g/mol. The lowest BCUT2D eigenvalue weighted by atomic mass is 10.2. The van der Waals surface area contributed by atoms with Gasteiger partial charge in [0.1, 0.15) is 5.82 Å². The average molecular weight is 242 g/mol. The molecule has 0 fully saturated rings. The lowest BCUT2D eigenvalue weighted by molar-refractivity contribution is 0.754. The van der Waals surface area contributed by atoms with Gasteiger partial charge in [0.15, 0.2) is 0 Å². The summed E-state index contributed by atoms with van der Waals surface area (Å²) in [4.78, 5) is 8.07. The van der Waals surface area contributed by atoms with Crippen molar-refractivity contribution < 1.29 is 0 Å². The molecule has 2 heterocycles. The molecule has 0 radical (unpaired) electrons. The van der Waals surface area contributed by atoms with Crippen LogP contribution in [0.15, 0.2) is 30.9 Å². The van der Waals surface area contributed by atoms with Crippen LogP contribution < -0.4 is 0 Å². The Balaban J connectivity index is 2.26. The van der Waals surface area contributed by atoms with Crippen LogP contribution in [0.25, 0.3) is 0 Å². The number of aromatic nitrogens is 3. The van der Waals surface area contributed by atoms with E-state index in [1.807, 2.05) is 16.8 Å². The first-order chi connectivity index (χ1) is 7.31. The van der Waals surface area contributed by atoms with E-state index in [1.165, 1.54) is 0 Å². The van der Waals surface area contributed by atoms with Crippen molar-refractivity contribution in [2.24, 2.45) is 0 Å². The summed E-state index contributed by atoms with van der Waals surface area (Å²) in [6.07, 6.45) is 6.97. The number of nitrogens with zero attached hydrogens (tertiary/aromatic N) is 3. The van der Waals surface area contributed by atoms with Crippen LogP contribution in [0.5, 0.6) is 0 Å². The molecule has 0 aliphatic rings. The first kappa shape index (κ1) is 10.5. The molecule has 2 aromatic heterocycles. The minimum Gasteiger partial charge on any atom is -0.329 e. The van der Waals surface area contributed by atoms with Gasteiger partial charge in [-0.05, 0) is 11.6 Å². The van der Waals surface area contributed by atoms with E-state index in [1.54, 1.807) is 18.6 Å². The highest BCUT2D eigenvalue weighted by Crippen LogP contribution is 2.15. The van der Waals surface area contributed by atoms with E-state index in [2.05, 4.69) is 9.97 Å². The van der Waals surface area contributed by atoms with Gasteiger partial charge in [0, 0.05) is 24.8 Å². The molecule has 0 aliphatic heterocycles. The zero-order valence-corrected chi connectivity index (χ0v) is 9.41. The maximum atomic E-state index is 6.01. The zero-order valence-electron chi connectivity index (χ0n) is 7.90. The van der Waals surface area contributed by atoms with E-state index in [9.17, 15) is 0 Å². The third-order valence-corrected chi connectivity index (χ3v) is 2.70. The predicted octanol–water partition coefficient (Wildman–Crippen LogP) is 2.72. The molecule has 0 saturated carbocycles. The van der Waals surface area contributed by atoms with Gasteiger partial charge in [-0.15, -0.1) is 11.6 Å². The van der Waals surface area contributed by atoms with Gasteiger partial charge in [0.05, 0.1) is 17.4 Å². The van der Waals surface area contributed by atoms with Crippen molar-refractivity contribution in [3.05, 3.63) is 47.3 Å². The maximum Gasteiger partial charge on any atom is 0.123 e. The fourth-order valence-corrected chi connectivity index (χ4v) is 1.73. The molecule has 78 valence electrons. The Morgan fingerprint density at radius 1 is 1.33 bits per heavy atom. The predicted molar refractivity (Wildman–Crippen MR) is 60.1 cm³/mol. The van der Waals surface area contributed by atoms with E-state index in [0.29, 0.717) is 17.4 Å². The molecule has 0 aromatic carbocycles. The summed E-state index contributed by atoms with van der Waals surface area (Å²) < 4.78 is 1.97. The van der Waals surface area contributed by atoms with E-state index in [-0.39, 0.29) is 0 Å². The minimum absolute atomic E-state index is 0.399. The highest BCUT2D eigenvalue weighted by molar-refractivity contribution is 6.31. The lowest BCUT2D eigenvalue weighted by Gasteiger charge is -2.06. The standard InChI is InChI=1S/C10H9Cl2N3/c11-5-10-14-3-4-15(10)7-8-1-2-13-6-9(8)12/h1-4,6H,5,7H2. The van der Waals surface area contributed by atoms with Crippen molar-refractivity contribution in [1.29, 1.82) is 0 Å². The molecule has 15 heavy (non-hydrogen) atoms. The molecule has 0 atom stereocenters. The van der Waals surface area contributed by atoms with E-state index in [4.69, 9.17) is 23.2 Å². The number of pyridine rings is 1. The van der Waals surface area contributed by atoms with Crippen molar-refractivity contribution in [2.45, 2.75) is 12.4 Å². The highest BCUT2D eigenvalue weighted by Gasteiger charge is 2.04. The Morgan fingerprint density at radius 3 is 2.93 bits per heavy atom. The topological polar surface area (TPSA) is 30.7 Å². The fraction of sp³-hybridized carbons (Fsp3) is 0.200. The molecule has 0 spiro atoms. The summed E-state index contributed by atoms with van der Waals surface area (Å²) in [5, 5.41) is 0.659. The van der Waals surface area contributed by atoms with E-state index >= 15 is 0 Å². The SMILES string of the molecule is ClCc1nccn1Cc1ccncc1Cl. The number of hydrogen-bond donors (Lipinski definition) is 0. The Kier molecular flexibility index (Phi) is 3.23. The van der Waals surface area contributed by atoms with Crippen LogP contribution in [-0.4, -0.2) is 14.5 Å². The van der Waals surface area contributed by atoms with Crippen molar-refractivity contribution in [1.82, 2.24) is 14.5 Å². The third-order valence-electron chi connectivity index (χ3n) is 2.12. The first-order valence-electron chi connectivity index (χ1n) is 4.45. The largest absolute Gasteiger partial charge is 0.329 e. The summed E-state index contributed by atoms with van der Waals surface area (Å²) in [6, 6.07) is 1.89. The lowest BCUT2D eigenvalue weighted by Crippen LogP contribution is -2.03. The molecule has 0 N–H and O–H groups in total. The molecule has 2 rings (SSSR count). The molecule has 0 bridgehead atoms. The fourth-order valence-electron chi connectivity index (χ4n) is 1.33.